The zero-order valence-corrected chi connectivity index (χ0v) is 13.5. The summed E-state index contributed by atoms with van der Waals surface area (Å²) >= 11 is 0. The summed E-state index contributed by atoms with van der Waals surface area (Å²) in [6.07, 6.45) is 2.30. The van der Waals surface area contributed by atoms with Crippen molar-refractivity contribution in [2.75, 3.05) is 13.2 Å². The van der Waals surface area contributed by atoms with Crippen LogP contribution in [0.2, 0.25) is 0 Å². The van der Waals surface area contributed by atoms with Crippen molar-refractivity contribution < 1.29 is 13.9 Å². The number of amides is 1. The van der Waals surface area contributed by atoms with Gasteiger partial charge in [0, 0.05) is 18.7 Å². The lowest BCUT2D eigenvalue weighted by Crippen LogP contribution is -2.40. The Bertz CT molecular complexity index is 744. The van der Waals surface area contributed by atoms with E-state index < -0.39 is 0 Å². The lowest BCUT2D eigenvalue weighted by molar-refractivity contribution is -0.137. The van der Waals surface area contributed by atoms with Crippen molar-refractivity contribution in [3.63, 3.8) is 0 Å². The number of hydrogen-bond acceptors (Lipinski definition) is 2. The zero-order chi connectivity index (χ0) is 16.9. The molecule has 3 nitrogen and oxygen atoms in total. The fraction of sp³-hybridized carbons (Fsp3) is 0.250. The third-order valence-electron chi connectivity index (χ3n) is 4.21. The van der Waals surface area contributed by atoms with Crippen LogP contribution in [0, 0.1) is 11.7 Å². The topological polar surface area (TPSA) is 29.5 Å². The average Bonchev–Trinajstić information content (AvgIpc) is 2.62. The van der Waals surface area contributed by atoms with Crippen molar-refractivity contribution in [3.8, 4) is 5.75 Å². The molecule has 1 aliphatic heterocycles. The normalized spacial score (nSPS) is 16.0. The number of halogens is 1. The van der Waals surface area contributed by atoms with Gasteiger partial charge in [-0.25, -0.2) is 4.39 Å². The molecule has 2 aromatic carbocycles. The van der Waals surface area contributed by atoms with Crippen LogP contribution in [-0.2, 0) is 17.8 Å². The summed E-state index contributed by atoms with van der Waals surface area (Å²) in [5, 5.41) is 0. The average molecular weight is 325 g/mol. The van der Waals surface area contributed by atoms with Gasteiger partial charge in [-0.3, -0.25) is 4.79 Å². The lowest BCUT2D eigenvalue weighted by atomic mass is 9.95. The van der Waals surface area contributed by atoms with Gasteiger partial charge >= 0.3 is 0 Å². The maximum atomic E-state index is 13.9. The fourth-order valence-corrected chi connectivity index (χ4v) is 2.97. The van der Waals surface area contributed by atoms with E-state index in [2.05, 4.69) is 6.58 Å². The second-order valence-corrected chi connectivity index (χ2v) is 5.92. The highest BCUT2D eigenvalue weighted by Crippen LogP contribution is 2.28. The van der Waals surface area contributed by atoms with Crippen molar-refractivity contribution in [3.05, 3.63) is 78.1 Å². The Morgan fingerprint density at radius 1 is 1.25 bits per heavy atom. The van der Waals surface area contributed by atoms with Crippen molar-refractivity contribution in [2.24, 2.45) is 5.92 Å². The van der Waals surface area contributed by atoms with E-state index in [-0.39, 0.29) is 24.2 Å². The van der Waals surface area contributed by atoms with Gasteiger partial charge in [0.1, 0.15) is 18.2 Å². The van der Waals surface area contributed by atoms with Crippen LogP contribution in [0.15, 0.2) is 61.2 Å². The Morgan fingerprint density at radius 2 is 2.00 bits per heavy atom. The van der Waals surface area contributed by atoms with E-state index in [4.69, 9.17) is 4.74 Å². The van der Waals surface area contributed by atoms with E-state index in [1.165, 1.54) is 6.07 Å². The quantitative estimate of drug-likeness (QED) is 0.786. The van der Waals surface area contributed by atoms with Gasteiger partial charge in [-0.1, -0.05) is 42.5 Å². The number of fused-ring (bicyclic) bond motifs is 1. The highest BCUT2D eigenvalue weighted by atomic mass is 19.1. The molecule has 1 heterocycles. The molecule has 1 aliphatic rings. The minimum Gasteiger partial charge on any atom is -0.492 e. The van der Waals surface area contributed by atoms with Crippen molar-refractivity contribution in [1.82, 2.24) is 4.90 Å². The number of para-hydroxylation sites is 1. The number of ether oxygens (including phenoxy) is 1. The standard InChI is InChI=1S/C20H20FNO2/c1-2-11-22(13-16-8-3-5-9-18(16)21)20(23)17-12-15-7-4-6-10-19(15)24-14-17/h2-10,17H,1,11-14H2. The molecule has 24 heavy (non-hydrogen) atoms. The Labute approximate surface area is 141 Å². The lowest BCUT2D eigenvalue weighted by Gasteiger charge is -2.30. The van der Waals surface area contributed by atoms with Gasteiger partial charge in [0.15, 0.2) is 0 Å². The summed E-state index contributed by atoms with van der Waals surface area (Å²) in [5.74, 6) is 0.245. The Morgan fingerprint density at radius 3 is 2.79 bits per heavy atom. The minimum absolute atomic E-state index is 0.0346. The number of rotatable bonds is 5. The third kappa shape index (κ3) is 3.48. The molecule has 124 valence electrons. The fourth-order valence-electron chi connectivity index (χ4n) is 2.97. The molecule has 0 aromatic heterocycles. The molecule has 0 N–H and O–H groups in total. The number of carbonyl (C=O) groups is 1. The summed E-state index contributed by atoms with van der Waals surface area (Å²) in [6, 6.07) is 14.3. The van der Waals surface area contributed by atoms with Crippen molar-refractivity contribution in [2.45, 2.75) is 13.0 Å². The Kier molecular flexibility index (Phi) is 4.94. The number of nitrogens with zero attached hydrogens (tertiary/aromatic N) is 1. The second-order valence-electron chi connectivity index (χ2n) is 5.92. The number of benzene rings is 2. The van der Waals surface area contributed by atoms with Crippen molar-refractivity contribution >= 4 is 5.91 Å². The van der Waals surface area contributed by atoms with E-state index in [0.29, 0.717) is 25.1 Å². The second kappa shape index (κ2) is 7.30. The molecule has 1 atom stereocenters. The molecule has 0 radical (unpaired) electrons. The number of hydrogen-bond donors (Lipinski definition) is 0. The van der Waals surface area contributed by atoms with E-state index >= 15 is 0 Å². The van der Waals surface area contributed by atoms with Gasteiger partial charge in [-0.15, -0.1) is 6.58 Å². The van der Waals surface area contributed by atoms with Crippen LogP contribution in [0.5, 0.6) is 5.75 Å². The molecule has 0 bridgehead atoms. The van der Waals surface area contributed by atoms with Crippen LogP contribution < -0.4 is 4.74 Å². The molecular formula is C20H20FNO2. The van der Waals surface area contributed by atoms with E-state index in [0.717, 1.165) is 11.3 Å². The van der Waals surface area contributed by atoms with Crippen LogP contribution in [0.3, 0.4) is 0 Å². The maximum Gasteiger partial charge on any atom is 0.230 e. The predicted octanol–water partition coefficient (Wildman–Crippen LogP) is 3.59. The monoisotopic (exact) mass is 325 g/mol. The third-order valence-corrected chi connectivity index (χ3v) is 4.21. The summed E-state index contributed by atoms with van der Waals surface area (Å²) in [7, 11) is 0. The molecule has 1 unspecified atom stereocenters. The Hall–Kier alpha value is -2.62. The highest BCUT2D eigenvalue weighted by molar-refractivity contribution is 5.80. The first-order chi connectivity index (χ1) is 11.7. The molecule has 0 aliphatic carbocycles. The summed E-state index contributed by atoms with van der Waals surface area (Å²) in [4.78, 5) is 14.5. The van der Waals surface area contributed by atoms with Crippen LogP contribution in [0.25, 0.3) is 0 Å². The van der Waals surface area contributed by atoms with Gasteiger partial charge in [0.05, 0.1) is 5.92 Å². The first kappa shape index (κ1) is 16.2. The van der Waals surface area contributed by atoms with Gasteiger partial charge in [-0.2, -0.15) is 0 Å². The van der Waals surface area contributed by atoms with E-state index in [9.17, 15) is 9.18 Å². The molecule has 0 spiro atoms. The predicted molar refractivity (Wildman–Crippen MR) is 91.1 cm³/mol. The van der Waals surface area contributed by atoms with E-state index in [1.54, 1.807) is 29.2 Å². The molecule has 4 heteroatoms. The van der Waals surface area contributed by atoms with Gasteiger partial charge < -0.3 is 9.64 Å². The SMILES string of the molecule is C=CCN(Cc1ccccc1F)C(=O)C1COc2ccccc2C1. The smallest absolute Gasteiger partial charge is 0.230 e. The van der Waals surface area contributed by atoms with Crippen LogP contribution >= 0.6 is 0 Å². The van der Waals surface area contributed by atoms with Crippen LogP contribution in [-0.4, -0.2) is 24.0 Å². The maximum absolute atomic E-state index is 13.9. The number of carbonyl (C=O) groups excluding carboxylic acids is 1. The minimum atomic E-state index is -0.301. The van der Waals surface area contributed by atoms with Gasteiger partial charge in [0.25, 0.3) is 0 Å². The molecule has 0 fully saturated rings. The summed E-state index contributed by atoms with van der Waals surface area (Å²) in [6.45, 7) is 4.67. The largest absolute Gasteiger partial charge is 0.492 e. The molecule has 2 aromatic rings. The van der Waals surface area contributed by atoms with E-state index in [1.807, 2.05) is 24.3 Å². The first-order valence-corrected chi connectivity index (χ1v) is 8.03. The molecular weight excluding hydrogens is 305 g/mol. The highest BCUT2D eigenvalue weighted by Gasteiger charge is 2.29. The summed E-state index contributed by atoms with van der Waals surface area (Å²) in [5.41, 5.74) is 1.54. The molecule has 3 rings (SSSR count). The van der Waals surface area contributed by atoms with Crippen LogP contribution in [0.4, 0.5) is 4.39 Å². The molecule has 0 saturated heterocycles. The van der Waals surface area contributed by atoms with Gasteiger partial charge in [0.2, 0.25) is 5.91 Å². The first-order valence-electron chi connectivity index (χ1n) is 8.03. The summed E-state index contributed by atoms with van der Waals surface area (Å²) < 4.78 is 19.6. The van der Waals surface area contributed by atoms with Gasteiger partial charge in [-0.05, 0) is 24.1 Å². The molecule has 1 amide bonds. The van der Waals surface area contributed by atoms with Crippen molar-refractivity contribution in [1.29, 1.82) is 0 Å². The Balaban J connectivity index is 1.75. The molecule has 0 saturated carbocycles. The zero-order valence-electron chi connectivity index (χ0n) is 13.5. The van der Waals surface area contributed by atoms with Crippen LogP contribution in [0.1, 0.15) is 11.1 Å².